The fourth-order valence-corrected chi connectivity index (χ4v) is 2.46. The van der Waals surface area contributed by atoms with E-state index in [0.717, 1.165) is 6.92 Å². The van der Waals surface area contributed by atoms with Crippen molar-refractivity contribution in [3.05, 3.63) is 70.9 Å². The van der Waals surface area contributed by atoms with Gasteiger partial charge in [-0.05, 0) is 12.2 Å². The van der Waals surface area contributed by atoms with Crippen LogP contribution in [0.5, 0.6) is 0 Å². The first-order valence-corrected chi connectivity index (χ1v) is 9.46. The average Bonchev–Trinajstić information content (AvgIpc) is 2.77. The Labute approximate surface area is 203 Å². The maximum atomic E-state index is 12.2. The first-order valence-electron chi connectivity index (χ1n) is 9.46. The van der Waals surface area contributed by atoms with Crippen molar-refractivity contribution in [3.8, 4) is 0 Å². The van der Waals surface area contributed by atoms with Crippen LogP contribution in [0.2, 0.25) is 0 Å². The van der Waals surface area contributed by atoms with Crippen molar-refractivity contribution < 1.29 is 55.5 Å². The third-order valence-electron chi connectivity index (χ3n) is 3.95. The molecule has 0 heterocycles. The minimum atomic E-state index is -0.833. The predicted molar refractivity (Wildman–Crippen MR) is 116 cm³/mol. The Morgan fingerprint density at radius 2 is 1.12 bits per heavy atom. The van der Waals surface area contributed by atoms with Crippen LogP contribution >= 0.6 is 0 Å². The third-order valence-corrected chi connectivity index (χ3v) is 3.95. The monoisotopic (exact) mass is 503 g/mol. The number of carbonyl (C=O) groups is 3. The molecule has 2 aliphatic rings. The largest absolute Gasteiger partial charge is 0.497 e. The Balaban J connectivity index is 0.00000189. The van der Waals surface area contributed by atoms with Crippen molar-refractivity contribution in [3.63, 3.8) is 0 Å². The molecule has 0 aliphatic heterocycles. The molecule has 0 saturated carbocycles. The number of ketones is 2. The van der Waals surface area contributed by atoms with Gasteiger partial charge in [0.15, 0.2) is 11.5 Å². The average molecular weight is 503 g/mol. The molecule has 3 N–H and O–H groups in total. The van der Waals surface area contributed by atoms with Crippen LogP contribution in [0.4, 0.5) is 0 Å². The number of hydrogen-bond donors (Lipinski definition) is 3. The first kappa shape index (κ1) is 29.6. The number of carboxylic acid groups (broad SMARTS) is 1. The fourth-order valence-electron chi connectivity index (χ4n) is 2.46. The summed E-state index contributed by atoms with van der Waals surface area (Å²) in [5.41, 5.74) is 0.860. The van der Waals surface area contributed by atoms with Gasteiger partial charge in [0.1, 0.15) is 11.5 Å². The minimum absolute atomic E-state index is 0. The SMILES string of the molecule is CC(=O)O.COC1=C/C(=C/NCCN/C=C2/C=C(OC)C=C(OC)C2=O)C(=O)C(OC)=C1.[Mn]. The van der Waals surface area contributed by atoms with Crippen LogP contribution < -0.4 is 10.6 Å². The summed E-state index contributed by atoms with van der Waals surface area (Å²) in [5.74, 6) is 0.212. The summed E-state index contributed by atoms with van der Waals surface area (Å²) in [6.07, 6.45) is 9.54. The number of carbonyl (C=O) groups excluding carboxylic acids is 2. The van der Waals surface area contributed by atoms with Crippen LogP contribution in [0.1, 0.15) is 6.92 Å². The summed E-state index contributed by atoms with van der Waals surface area (Å²) >= 11 is 0. The number of allylic oxidation sites excluding steroid dienone is 6. The second kappa shape index (κ2) is 15.4. The van der Waals surface area contributed by atoms with Gasteiger partial charge in [0.25, 0.3) is 5.97 Å². The summed E-state index contributed by atoms with van der Waals surface area (Å²) < 4.78 is 20.4. The maximum absolute atomic E-state index is 12.2. The molecule has 11 heteroatoms. The van der Waals surface area contributed by atoms with Crippen molar-refractivity contribution in [1.82, 2.24) is 10.6 Å². The van der Waals surface area contributed by atoms with E-state index in [-0.39, 0.29) is 40.2 Å². The molecule has 181 valence electrons. The summed E-state index contributed by atoms with van der Waals surface area (Å²) in [4.78, 5) is 33.4. The molecule has 1 radical (unpaired) electrons. The standard InChI is InChI=1S/C20H24N2O6.C2H4O2.Mn/c1-25-15-7-13(19(23)17(9-15)27-3)11-21-5-6-22-12-14-8-16(26-2)10-18(28-4)20(14)24;1-2(3)4;/h7-12,21-22H,5-6H2,1-4H3;1H3,(H,3,4);/b13-11-,14-12-;;. The zero-order valence-electron chi connectivity index (χ0n) is 19.1. The van der Waals surface area contributed by atoms with Gasteiger partial charge in [0.05, 0.1) is 28.4 Å². The molecular formula is C22H28MnN2O8. The number of aliphatic carboxylic acids is 1. The molecule has 0 aromatic rings. The third kappa shape index (κ3) is 9.71. The zero-order valence-corrected chi connectivity index (χ0v) is 20.2. The molecule has 0 atom stereocenters. The van der Waals surface area contributed by atoms with Gasteiger partial charge in [-0.1, -0.05) is 0 Å². The van der Waals surface area contributed by atoms with E-state index in [4.69, 9.17) is 28.8 Å². The van der Waals surface area contributed by atoms with Crippen LogP contribution in [0.25, 0.3) is 0 Å². The minimum Gasteiger partial charge on any atom is -0.497 e. The molecule has 0 bridgehead atoms. The molecule has 2 rings (SSSR count). The Morgan fingerprint density at radius 3 is 1.39 bits per heavy atom. The van der Waals surface area contributed by atoms with Crippen molar-refractivity contribution in [1.29, 1.82) is 0 Å². The second-order valence-corrected chi connectivity index (χ2v) is 6.21. The van der Waals surface area contributed by atoms with E-state index in [1.54, 1.807) is 36.7 Å². The molecule has 0 aromatic heterocycles. The molecule has 10 nitrogen and oxygen atoms in total. The number of methoxy groups -OCH3 is 4. The predicted octanol–water partition coefficient (Wildman–Crippen LogP) is 1.31. The fraction of sp³-hybridized carbons (Fsp3) is 0.318. The van der Waals surface area contributed by atoms with Crippen LogP contribution in [-0.4, -0.2) is 64.2 Å². The van der Waals surface area contributed by atoms with Gasteiger partial charge in [-0.2, -0.15) is 0 Å². The maximum Gasteiger partial charge on any atom is 0.300 e. The normalized spacial score (nSPS) is 17.2. The Kier molecular flexibility index (Phi) is 13.8. The smallest absolute Gasteiger partial charge is 0.300 e. The summed E-state index contributed by atoms with van der Waals surface area (Å²) in [6.45, 7) is 2.12. The zero-order chi connectivity index (χ0) is 24.1. The van der Waals surface area contributed by atoms with Gasteiger partial charge >= 0.3 is 0 Å². The molecule has 0 spiro atoms. The molecular weight excluding hydrogens is 475 g/mol. The van der Waals surface area contributed by atoms with E-state index in [2.05, 4.69) is 10.6 Å². The van der Waals surface area contributed by atoms with E-state index < -0.39 is 5.97 Å². The van der Waals surface area contributed by atoms with E-state index in [9.17, 15) is 9.59 Å². The van der Waals surface area contributed by atoms with E-state index in [1.165, 1.54) is 28.4 Å². The topological polar surface area (TPSA) is 132 Å². The van der Waals surface area contributed by atoms with Crippen LogP contribution in [0.15, 0.2) is 70.9 Å². The van der Waals surface area contributed by atoms with Gasteiger partial charge in [0, 0.05) is 72.8 Å². The van der Waals surface area contributed by atoms with Crippen LogP contribution in [0, 0.1) is 0 Å². The Bertz CT molecular complexity index is 841. The summed E-state index contributed by atoms with van der Waals surface area (Å²) in [7, 11) is 5.91. The van der Waals surface area contributed by atoms with Gasteiger partial charge in [-0.25, -0.2) is 0 Å². The molecule has 0 fully saturated rings. The molecule has 2 aliphatic carbocycles. The van der Waals surface area contributed by atoms with Gasteiger partial charge in [-0.3, -0.25) is 14.4 Å². The van der Waals surface area contributed by atoms with E-state index in [0.29, 0.717) is 35.8 Å². The van der Waals surface area contributed by atoms with Crippen molar-refractivity contribution in [2.45, 2.75) is 6.92 Å². The Morgan fingerprint density at radius 1 is 0.788 bits per heavy atom. The van der Waals surface area contributed by atoms with E-state index in [1.807, 2.05) is 0 Å². The van der Waals surface area contributed by atoms with Crippen molar-refractivity contribution >= 4 is 17.5 Å². The molecule has 33 heavy (non-hydrogen) atoms. The number of Topliss-reactive ketones (excluding diaryl/α,β-unsaturated/α-hetero) is 2. The summed E-state index contributed by atoms with van der Waals surface area (Å²) in [5, 5.41) is 13.5. The van der Waals surface area contributed by atoms with Gasteiger partial charge in [0.2, 0.25) is 11.6 Å². The summed E-state index contributed by atoms with van der Waals surface area (Å²) in [6, 6.07) is 0. The van der Waals surface area contributed by atoms with Crippen LogP contribution in [-0.2, 0) is 50.4 Å². The molecule has 0 unspecified atom stereocenters. The van der Waals surface area contributed by atoms with Gasteiger partial charge < -0.3 is 34.7 Å². The number of nitrogens with one attached hydrogen (secondary N) is 2. The molecule has 0 aromatic carbocycles. The molecule has 0 saturated heterocycles. The number of rotatable bonds is 9. The first-order chi connectivity index (χ1) is 15.3. The van der Waals surface area contributed by atoms with Crippen LogP contribution in [0.3, 0.4) is 0 Å². The van der Waals surface area contributed by atoms with Crippen molar-refractivity contribution in [2.24, 2.45) is 0 Å². The number of hydrogen-bond acceptors (Lipinski definition) is 9. The Hall–Kier alpha value is -3.43. The number of ether oxygens (including phenoxy) is 4. The van der Waals surface area contributed by atoms with Crippen molar-refractivity contribution in [2.75, 3.05) is 41.5 Å². The quantitative estimate of drug-likeness (QED) is 0.240. The van der Waals surface area contributed by atoms with E-state index >= 15 is 0 Å². The number of carboxylic acids is 1. The molecule has 0 amide bonds. The second-order valence-electron chi connectivity index (χ2n) is 6.21. The van der Waals surface area contributed by atoms with Gasteiger partial charge in [-0.15, -0.1) is 0 Å².